The number of aryl methyl sites for hydroxylation is 1. The summed E-state index contributed by atoms with van der Waals surface area (Å²) >= 11 is 12.1. The lowest BCUT2D eigenvalue weighted by Gasteiger charge is -2.13. The number of anilines is 1. The molecule has 32 heavy (non-hydrogen) atoms. The predicted molar refractivity (Wildman–Crippen MR) is 126 cm³/mol. The molecule has 2 N–H and O–H groups in total. The molecule has 1 aliphatic rings. The van der Waals surface area contributed by atoms with Gasteiger partial charge in [-0.05, 0) is 62.6 Å². The molecule has 0 unspecified atom stereocenters. The molecule has 2 aromatic carbocycles. The molecule has 0 fully saturated rings. The van der Waals surface area contributed by atoms with Crippen LogP contribution >= 0.6 is 23.2 Å². The Morgan fingerprint density at radius 1 is 1.00 bits per heavy atom. The van der Waals surface area contributed by atoms with Gasteiger partial charge in [0.25, 0.3) is 11.8 Å². The summed E-state index contributed by atoms with van der Waals surface area (Å²) in [6.45, 7) is 3.66. The third-order valence-corrected chi connectivity index (χ3v) is 6.07. The van der Waals surface area contributed by atoms with Crippen LogP contribution in [0, 0.1) is 13.8 Å². The van der Waals surface area contributed by atoms with E-state index in [1.54, 1.807) is 42.5 Å². The molecular weight excluding hydrogens is 449 g/mol. The first-order chi connectivity index (χ1) is 15.3. The van der Waals surface area contributed by atoms with Crippen LogP contribution in [0.25, 0.3) is 0 Å². The topological polar surface area (TPSA) is 83.7 Å². The van der Waals surface area contributed by atoms with Gasteiger partial charge in [0.2, 0.25) is 0 Å². The normalized spacial score (nSPS) is 14.2. The molecule has 0 radical (unpaired) electrons. The molecule has 1 aromatic heterocycles. The Hall–Kier alpha value is -3.09. The maximum Gasteiger partial charge on any atom is 0.291 e. The number of furan rings is 1. The zero-order valence-corrected chi connectivity index (χ0v) is 19.1. The van der Waals surface area contributed by atoms with Gasteiger partial charge in [0, 0.05) is 38.8 Å². The lowest BCUT2D eigenvalue weighted by atomic mass is 9.93. The number of hydrogen-bond acceptors (Lipinski definition) is 4. The van der Waals surface area contributed by atoms with Crippen molar-refractivity contribution in [2.75, 3.05) is 5.32 Å². The number of rotatable bonds is 4. The standard InChI is InChI=1S/C24H21Cl2N3O3/c1-13-17(26)8-4-9-18(13)27-24(31)22-14(2)21-19(10-5-11-20(21)32-22)28-29-23(30)15-6-3-7-16(25)12-15/h3-4,6-9,12H,5,10-11H2,1-2H3,(H,27,31)(H,29,30)/b28-19+. The number of hydrogen-bond donors (Lipinski definition) is 2. The number of fused-ring (bicyclic) bond motifs is 1. The van der Waals surface area contributed by atoms with Crippen LogP contribution in [-0.2, 0) is 6.42 Å². The summed E-state index contributed by atoms with van der Waals surface area (Å²) in [5.41, 5.74) is 6.55. The molecule has 0 saturated carbocycles. The lowest BCUT2D eigenvalue weighted by molar-refractivity contribution is 0.0953. The van der Waals surface area contributed by atoms with E-state index in [1.807, 2.05) is 13.8 Å². The van der Waals surface area contributed by atoms with Crippen LogP contribution < -0.4 is 10.7 Å². The van der Waals surface area contributed by atoms with Gasteiger partial charge in [0.15, 0.2) is 5.76 Å². The van der Waals surface area contributed by atoms with Crippen molar-refractivity contribution in [3.63, 3.8) is 0 Å². The van der Waals surface area contributed by atoms with Crippen LogP contribution in [0.4, 0.5) is 5.69 Å². The van der Waals surface area contributed by atoms with Crippen LogP contribution in [0.5, 0.6) is 0 Å². The van der Waals surface area contributed by atoms with Crippen molar-refractivity contribution < 1.29 is 14.0 Å². The maximum atomic E-state index is 12.9. The van der Waals surface area contributed by atoms with Crippen molar-refractivity contribution in [1.82, 2.24) is 5.43 Å². The molecule has 1 heterocycles. The summed E-state index contributed by atoms with van der Waals surface area (Å²) in [6, 6.07) is 12.0. The van der Waals surface area contributed by atoms with Crippen molar-refractivity contribution in [2.45, 2.75) is 33.1 Å². The molecule has 1 aliphatic carbocycles. The van der Waals surface area contributed by atoms with E-state index in [0.717, 1.165) is 17.5 Å². The number of nitrogens with zero attached hydrogens (tertiary/aromatic N) is 1. The van der Waals surface area contributed by atoms with Crippen molar-refractivity contribution in [1.29, 1.82) is 0 Å². The van der Waals surface area contributed by atoms with E-state index in [2.05, 4.69) is 15.8 Å². The Kier molecular flexibility index (Phi) is 6.35. The molecular formula is C24H21Cl2N3O3. The van der Waals surface area contributed by atoms with Crippen molar-refractivity contribution >= 4 is 46.4 Å². The Morgan fingerprint density at radius 3 is 2.56 bits per heavy atom. The van der Waals surface area contributed by atoms with Gasteiger partial charge < -0.3 is 9.73 Å². The number of carbonyl (C=O) groups is 2. The van der Waals surface area contributed by atoms with E-state index in [4.69, 9.17) is 27.6 Å². The molecule has 4 rings (SSSR count). The Morgan fingerprint density at radius 2 is 1.78 bits per heavy atom. The van der Waals surface area contributed by atoms with Crippen LogP contribution in [0.3, 0.4) is 0 Å². The third kappa shape index (κ3) is 4.42. The fraction of sp³-hybridized carbons (Fsp3) is 0.208. The van der Waals surface area contributed by atoms with E-state index in [1.165, 1.54) is 0 Å². The number of carbonyl (C=O) groups excluding carboxylic acids is 2. The largest absolute Gasteiger partial charge is 0.455 e. The molecule has 3 aromatic rings. The van der Waals surface area contributed by atoms with E-state index in [-0.39, 0.29) is 17.6 Å². The van der Waals surface area contributed by atoms with E-state index < -0.39 is 0 Å². The Balaban J connectivity index is 1.58. The first-order valence-corrected chi connectivity index (χ1v) is 10.9. The van der Waals surface area contributed by atoms with Gasteiger partial charge in [0.05, 0.1) is 5.71 Å². The van der Waals surface area contributed by atoms with Crippen LogP contribution in [0.1, 0.15) is 56.2 Å². The van der Waals surface area contributed by atoms with Gasteiger partial charge in [0.1, 0.15) is 5.76 Å². The highest BCUT2D eigenvalue weighted by atomic mass is 35.5. The van der Waals surface area contributed by atoms with Crippen LogP contribution in [0.15, 0.2) is 52.0 Å². The molecule has 0 atom stereocenters. The summed E-state index contributed by atoms with van der Waals surface area (Å²) in [4.78, 5) is 25.4. The molecule has 6 nitrogen and oxygen atoms in total. The maximum absolute atomic E-state index is 12.9. The first-order valence-electron chi connectivity index (χ1n) is 10.2. The number of hydrazone groups is 1. The van der Waals surface area contributed by atoms with Gasteiger partial charge in [-0.25, -0.2) is 5.43 Å². The summed E-state index contributed by atoms with van der Waals surface area (Å²) < 4.78 is 5.92. The van der Waals surface area contributed by atoms with Crippen LogP contribution in [0.2, 0.25) is 10.0 Å². The summed E-state index contributed by atoms with van der Waals surface area (Å²) in [5, 5.41) is 8.25. The minimum Gasteiger partial charge on any atom is -0.455 e. The zero-order chi connectivity index (χ0) is 22.8. The van der Waals surface area contributed by atoms with E-state index >= 15 is 0 Å². The van der Waals surface area contributed by atoms with Crippen molar-refractivity contribution in [3.05, 3.63) is 86.3 Å². The summed E-state index contributed by atoms with van der Waals surface area (Å²) in [7, 11) is 0. The molecule has 164 valence electrons. The molecule has 8 heteroatoms. The highest BCUT2D eigenvalue weighted by Gasteiger charge is 2.28. The van der Waals surface area contributed by atoms with Crippen molar-refractivity contribution in [2.24, 2.45) is 5.10 Å². The summed E-state index contributed by atoms with van der Waals surface area (Å²) in [6.07, 6.45) is 2.17. The number of amides is 2. The average molecular weight is 470 g/mol. The fourth-order valence-electron chi connectivity index (χ4n) is 3.73. The fourth-order valence-corrected chi connectivity index (χ4v) is 4.10. The highest BCUT2D eigenvalue weighted by molar-refractivity contribution is 6.32. The van der Waals surface area contributed by atoms with Gasteiger partial charge in [-0.1, -0.05) is 35.3 Å². The van der Waals surface area contributed by atoms with Gasteiger partial charge in [-0.2, -0.15) is 5.10 Å². The smallest absolute Gasteiger partial charge is 0.291 e. The average Bonchev–Trinajstić information content (AvgIpc) is 3.12. The molecule has 2 amide bonds. The molecule has 0 aliphatic heterocycles. The minimum absolute atomic E-state index is 0.227. The zero-order valence-electron chi connectivity index (χ0n) is 17.6. The van der Waals surface area contributed by atoms with Gasteiger partial charge >= 0.3 is 0 Å². The Labute approximate surface area is 195 Å². The van der Waals surface area contributed by atoms with E-state index in [9.17, 15) is 9.59 Å². The van der Waals surface area contributed by atoms with Gasteiger partial charge in [-0.15, -0.1) is 0 Å². The number of halogens is 2. The third-order valence-electron chi connectivity index (χ3n) is 5.43. The second-order valence-electron chi connectivity index (χ2n) is 7.58. The molecule has 0 saturated heterocycles. The quantitative estimate of drug-likeness (QED) is 0.464. The van der Waals surface area contributed by atoms with Crippen molar-refractivity contribution in [3.8, 4) is 0 Å². The van der Waals surface area contributed by atoms with E-state index in [0.29, 0.717) is 51.2 Å². The Bertz CT molecular complexity index is 1250. The molecule has 0 bridgehead atoms. The predicted octanol–water partition coefficient (Wildman–Crippen LogP) is 5.93. The second-order valence-corrected chi connectivity index (χ2v) is 8.43. The molecule has 0 spiro atoms. The monoisotopic (exact) mass is 469 g/mol. The lowest BCUT2D eigenvalue weighted by Crippen LogP contribution is -2.22. The second kappa shape index (κ2) is 9.18. The number of benzene rings is 2. The first kappa shape index (κ1) is 22.1. The summed E-state index contributed by atoms with van der Waals surface area (Å²) in [5.74, 6) is 0.204. The SMILES string of the molecule is Cc1c(Cl)cccc1NC(=O)c1oc2c(c1C)/C(=N/NC(=O)c1cccc(Cl)c1)CCC2. The van der Waals surface area contributed by atoms with Crippen LogP contribution in [-0.4, -0.2) is 17.5 Å². The minimum atomic E-state index is -0.359. The van der Waals surface area contributed by atoms with Gasteiger partial charge in [-0.3, -0.25) is 9.59 Å². The number of nitrogens with one attached hydrogen (secondary N) is 2. The highest BCUT2D eigenvalue weighted by Crippen LogP contribution is 2.31.